The van der Waals surface area contributed by atoms with Crippen molar-refractivity contribution in [2.24, 2.45) is 0 Å². The van der Waals surface area contributed by atoms with E-state index in [-0.39, 0.29) is 0 Å². The van der Waals surface area contributed by atoms with Crippen molar-refractivity contribution < 1.29 is 0 Å². The smallest absolute Gasteiger partial charge is 0.0785 e. The average molecular weight is 560 g/mol. The molecule has 202 valence electrons. The first-order valence-corrected chi connectivity index (χ1v) is 16.7. The third-order valence-corrected chi connectivity index (χ3v) is 10.2. The zero-order valence-corrected chi connectivity index (χ0v) is 25.1. The second-order valence-electron chi connectivity index (χ2n) is 11.0. The summed E-state index contributed by atoms with van der Waals surface area (Å²) >= 11 is 3.77. The number of unbranched alkanes of at least 4 members (excludes halogenated alkanes) is 9. The van der Waals surface area contributed by atoms with Gasteiger partial charge < -0.3 is 0 Å². The lowest BCUT2D eigenvalue weighted by molar-refractivity contribution is 0.557. The fraction of sp³-hybridized carbons (Fsp3) is 0.324. The van der Waals surface area contributed by atoms with Crippen molar-refractivity contribution >= 4 is 64.4 Å². The highest BCUT2D eigenvalue weighted by Gasteiger charge is 2.10. The van der Waals surface area contributed by atoms with Crippen LogP contribution in [0.1, 0.15) is 86.4 Å². The number of aryl methyl sites for hydroxylation is 1. The number of hydrogen-bond acceptors (Lipinski definition) is 3. The molecule has 3 heterocycles. The van der Waals surface area contributed by atoms with Crippen molar-refractivity contribution in [2.75, 3.05) is 0 Å². The second kappa shape index (κ2) is 13.0. The summed E-state index contributed by atoms with van der Waals surface area (Å²) in [6, 6.07) is 22.4. The van der Waals surface area contributed by atoms with Crippen molar-refractivity contribution in [1.82, 2.24) is 4.98 Å². The minimum atomic E-state index is 1.04. The Morgan fingerprint density at radius 1 is 0.600 bits per heavy atom. The van der Waals surface area contributed by atoms with E-state index in [2.05, 4.69) is 78.3 Å². The normalized spacial score (nSPS) is 11.5. The second-order valence-corrected chi connectivity index (χ2v) is 13.2. The van der Waals surface area contributed by atoms with Crippen molar-refractivity contribution in [3.05, 3.63) is 88.4 Å². The van der Waals surface area contributed by atoms with Gasteiger partial charge in [0.15, 0.2) is 0 Å². The van der Waals surface area contributed by atoms with Crippen LogP contribution in [0.25, 0.3) is 41.7 Å². The molecule has 0 aliphatic heterocycles. The van der Waals surface area contributed by atoms with Crippen LogP contribution in [0, 0.1) is 11.8 Å². The lowest BCUT2D eigenvalue weighted by Crippen LogP contribution is -1.84. The molecule has 0 atom stereocenters. The highest BCUT2D eigenvalue weighted by molar-refractivity contribution is 7.20. The number of aromatic nitrogens is 1. The van der Waals surface area contributed by atoms with Gasteiger partial charge in [0.1, 0.15) is 0 Å². The molecule has 0 saturated heterocycles. The molecule has 0 unspecified atom stereocenters. The van der Waals surface area contributed by atoms with E-state index >= 15 is 0 Å². The summed E-state index contributed by atoms with van der Waals surface area (Å²) in [4.78, 5) is 6.85. The molecule has 6 aromatic rings. The molecule has 0 aliphatic rings. The van der Waals surface area contributed by atoms with Crippen LogP contribution in [0.2, 0.25) is 0 Å². The monoisotopic (exact) mass is 559 g/mol. The number of fused-ring (bicyclic) bond motifs is 6. The van der Waals surface area contributed by atoms with Crippen LogP contribution in [0.5, 0.6) is 0 Å². The van der Waals surface area contributed by atoms with Gasteiger partial charge in [0.05, 0.1) is 4.88 Å². The Kier molecular flexibility index (Phi) is 8.77. The molecule has 0 radical (unpaired) electrons. The van der Waals surface area contributed by atoms with E-state index in [4.69, 9.17) is 0 Å². The molecule has 3 heteroatoms. The van der Waals surface area contributed by atoms with E-state index < -0.39 is 0 Å². The third-order valence-electron chi connectivity index (χ3n) is 7.99. The number of thiophene rings is 2. The SMILES string of the molecule is CCCCCCCCCCCCc1cc2c(ccc3c4cc(C#Cc5ccc6cnccc6c5)sc4ccc23)s1. The summed E-state index contributed by atoms with van der Waals surface area (Å²) in [6.45, 7) is 2.29. The van der Waals surface area contributed by atoms with E-state index in [9.17, 15) is 0 Å². The Labute approximate surface area is 246 Å². The molecule has 3 aromatic heterocycles. The van der Waals surface area contributed by atoms with Crippen LogP contribution in [0.15, 0.2) is 73.1 Å². The predicted octanol–water partition coefficient (Wildman–Crippen LogP) is 11.7. The van der Waals surface area contributed by atoms with E-state index in [1.807, 2.05) is 29.8 Å². The standard InChI is InChI=1S/C37H37NS2/c1-2-3-4-5-6-7-8-9-10-11-12-30-24-34-32-18-20-37-35(33(32)17-19-36(34)39-30)25-31(40-37)16-14-27-13-15-29-26-38-22-21-28(29)23-27/h13,15,17-26H,2-12H2,1H3. The van der Waals surface area contributed by atoms with Crippen LogP contribution < -0.4 is 0 Å². The Hall–Kier alpha value is -3.19. The van der Waals surface area contributed by atoms with Gasteiger partial charge in [-0.2, -0.15) is 0 Å². The molecule has 6 rings (SSSR count). The minimum absolute atomic E-state index is 1.04. The van der Waals surface area contributed by atoms with Gasteiger partial charge in [-0.1, -0.05) is 94.8 Å². The molecule has 0 saturated carbocycles. The maximum absolute atomic E-state index is 4.21. The van der Waals surface area contributed by atoms with Crippen molar-refractivity contribution in [1.29, 1.82) is 0 Å². The molecule has 0 fully saturated rings. The maximum Gasteiger partial charge on any atom is 0.0785 e. The summed E-state index contributed by atoms with van der Waals surface area (Å²) in [5, 5.41) is 7.77. The molecule has 0 bridgehead atoms. The summed E-state index contributed by atoms with van der Waals surface area (Å²) in [5.41, 5.74) is 1.04. The molecule has 0 N–H and O–H groups in total. The highest BCUT2D eigenvalue weighted by atomic mass is 32.1. The van der Waals surface area contributed by atoms with E-state index in [1.165, 1.54) is 112 Å². The van der Waals surface area contributed by atoms with Gasteiger partial charge >= 0.3 is 0 Å². The zero-order chi connectivity index (χ0) is 27.1. The van der Waals surface area contributed by atoms with E-state index in [1.54, 1.807) is 11.3 Å². The lowest BCUT2D eigenvalue weighted by Gasteiger charge is -2.02. The number of benzene rings is 3. The van der Waals surface area contributed by atoms with Crippen LogP contribution in [-0.2, 0) is 6.42 Å². The van der Waals surface area contributed by atoms with Crippen LogP contribution in [0.3, 0.4) is 0 Å². The Morgan fingerprint density at radius 2 is 1.30 bits per heavy atom. The average Bonchev–Trinajstić information content (AvgIpc) is 3.61. The van der Waals surface area contributed by atoms with Gasteiger partial charge in [-0.3, -0.25) is 4.98 Å². The van der Waals surface area contributed by atoms with Crippen molar-refractivity contribution in [3.63, 3.8) is 0 Å². The van der Waals surface area contributed by atoms with Crippen LogP contribution >= 0.6 is 22.7 Å². The largest absolute Gasteiger partial charge is 0.264 e. The molecule has 0 amide bonds. The first-order chi connectivity index (χ1) is 19.8. The first-order valence-electron chi connectivity index (χ1n) is 15.0. The summed E-state index contributed by atoms with van der Waals surface area (Å²) in [6.07, 6.45) is 18.9. The van der Waals surface area contributed by atoms with Crippen LogP contribution in [-0.4, -0.2) is 4.98 Å². The molecule has 0 spiro atoms. The van der Waals surface area contributed by atoms with Gasteiger partial charge in [-0.15, -0.1) is 22.7 Å². The predicted molar refractivity (Wildman–Crippen MR) is 178 cm³/mol. The lowest BCUT2D eigenvalue weighted by atomic mass is 10.0. The molecular weight excluding hydrogens is 523 g/mol. The van der Waals surface area contributed by atoms with Gasteiger partial charge in [0.2, 0.25) is 0 Å². The van der Waals surface area contributed by atoms with E-state index in [0.29, 0.717) is 0 Å². The van der Waals surface area contributed by atoms with Gasteiger partial charge in [-0.25, -0.2) is 0 Å². The number of rotatable bonds is 11. The summed E-state index contributed by atoms with van der Waals surface area (Å²) in [7, 11) is 0. The van der Waals surface area contributed by atoms with Gasteiger partial charge in [-0.05, 0) is 71.5 Å². The highest BCUT2D eigenvalue weighted by Crippen LogP contribution is 2.38. The minimum Gasteiger partial charge on any atom is -0.264 e. The molecule has 0 aliphatic carbocycles. The Balaban J connectivity index is 1.13. The van der Waals surface area contributed by atoms with Crippen LogP contribution in [0.4, 0.5) is 0 Å². The van der Waals surface area contributed by atoms with Gasteiger partial charge in [0.25, 0.3) is 0 Å². The molecule has 1 nitrogen and oxygen atoms in total. The number of nitrogens with zero attached hydrogens (tertiary/aromatic N) is 1. The van der Waals surface area contributed by atoms with Crippen molar-refractivity contribution in [2.45, 2.75) is 77.6 Å². The Morgan fingerprint density at radius 3 is 2.08 bits per heavy atom. The van der Waals surface area contributed by atoms with Crippen molar-refractivity contribution in [3.8, 4) is 11.8 Å². The fourth-order valence-electron chi connectivity index (χ4n) is 5.77. The third kappa shape index (κ3) is 6.25. The topological polar surface area (TPSA) is 12.9 Å². The zero-order valence-electron chi connectivity index (χ0n) is 23.5. The molecule has 3 aromatic carbocycles. The Bertz CT molecular complexity index is 1810. The molecule has 40 heavy (non-hydrogen) atoms. The quantitative estimate of drug-likeness (QED) is 0.114. The van der Waals surface area contributed by atoms with Gasteiger partial charge in [0, 0.05) is 48.4 Å². The fourth-order valence-corrected chi connectivity index (χ4v) is 7.82. The summed E-state index contributed by atoms with van der Waals surface area (Å²) < 4.78 is 2.72. The van der Waals surface area contributed by atoms with E-state index in [0.717, 1.165) is 15.8 Å². The summed E-state index contributed by atoms with van der Waals surface area (Å²) in [5.74, 6) is 6.81. The number of hydrogen-bond donors (Lipinski definition) is 0. The maximum atomic E-state index is 4.21. The molecular formula is C37H37NS2. The number of pyridine rings is 1. The first kappa shape index (κ1) is 27.0.